The summed E-state index contributed by atoms with van der Waals surface area (Å²) in [6.07, 6.45) is 3.35. The van der Waals surface area contributed by atoms with E-state index in [0.717, 1.165) is 4.47 Å². The lowest BCUT2D eigenvalue weighted by Crippen LogP contribution is -2.08. The van der Waals surface area contributed by atoms with E-state index in [0.29, 0.717) is 24.3 Å². The van der Waals surface area contributed by atoms with Gasteiger partial charge in [0.2, 0.25) is 5.78 Å². The lowest BCUT2D eigenvalue weighted by Gasteiger charge is -1.96. The highest BCUT2D eigenvalue weighted by Gasteiger charge is 2.15. The van der Waals surface area contributed by atoms with Crippen molar-refractivity contribution in [2.24, 2.45) is 5.73 Å². The second-order valence-electron chi connectivity index (χ2n) is 3.25. The van der Waals surface area contributed by atoms with E-state index in [1.807, 2.05) is 15.3 Å². The van der Waals surface area contributed by atoms with Crippen molar-refractivity contribution in [3.8, 4) is 0 Å². The summed E-state index contributed by atoms with van der Waals surface area (Å²) in [6, 6.07) is 0. The summed E-state index contributed by atoms with van der Waals surface area (Å²) in [4.78, 5) is 16.1. The molecule has 2 rings (SSSR count). The number of carbonyl (C=O) groups excluding carboxylic acids is 1. The molecule has 0 saturated carbocycles. The van der Waals surface area contributed by atoms with Crippen LogP contribution in [0, 0.1) is 0 Å². The molecule has 0 bridgehead atoms. The molecule has 16 heavy (non-hydrogen) atoms. The minimum absolute atomic E-state index is 0.0658. The number of hydrogen-bond acceptors (Lipinski definition) is 4. The van der Waals surface area contributed by atoms with Crippen LogP contribution >= 0.6 is 27.3 Å². The Labute approximate surface area is 105 Å². The van der Waals surface area contributed by atoms with Crippen LogP contribution in [0.5, 0.6) is 0 Å². The van der Waals surface area contributed by atoms with Crippen LogP contribution in [0.4, 0.5) is 0 Å². The van der Waals surface area contributed by atoms with Crippen molar-refractivity contribution in [3.63, 3.8) is 0 Å². The largest absolute Gasteiger partial charge is 0.335 e. The third-order valence-electron chi connectivity index (χ3n) is 2.11. The molecular formula is C10H10BrN3OS. The Kier molecular flexibility index (Phi) is 3.52. The third-order valence-corrected chi connectivity index (χ3v) is 3.82. The van der Waals surface area contributed by atoms with Crippen LogP contribution in [0.15, 0.2) is 27.8 Å². The van der Waals surface area contributed by atoms with Crippen molar-refractivity contribution in [2.45, 2.75) is 6.54 Å². The van der Waals surface area contributed by atoms with Crippen LogP contribution in [-0.2, 0) is 6.54 Å². The average molecular weight is 300 g/mol. The Morgan fingerprint density at radius 2 is 2.38 bits per heavy atom. The third kappa shape index (κ3) is 2.23. The van der Waals surface area contributed by atoms with Crippen LogP contribution in [0.1, 0.15) is 16.1 Å². The number of nitrogens with two attached hydrogens (primary N) is 1. The second-order valence-corrected chi connectivity index (χ2v) is 4.85. The van der Waals surface area contributed by atoms with Gasteiger partial charge >= 0.3 is 0 Å². The van der Waals surface area contributed by atoms with Crippen LogP contribution in [-0.4, -0.2) is 21.9 Å². The van der Waals surface area contributed by atoms with E-state index in [1.54, 1.807) is 12.5 Å². The fourth-order valence-corrected chi connectivity index (χ4v) is 2.78. The summed E-state index contributed by atoms with van der Waals surface area (Å²) < 4.78 is 2.63. The number of halogens is 1. The number of ketones is 1. The molecule has 0 aliphatic rings. The van der Waals surface area contributed by atoms with Gasteiger partial charge in [0.25, 0.3) is 0 Å². The Balaban J connectivity index is 2.24. The Morgan fingerprint density at radius 3 is 3.00 bits per heavy atom. The summed E-state index contributed by atoms with van der Waals surface area (Å²) in [7, 11) is 0. The van der Waals surface area contributed by atoms with Gasteiger partial charge < -0.3 is 10.3 Å². The summed E-state index contributed by atoms with van der Waals surface area (Å²) in [5, 5.41) is 3.69. The van der Waals surface area contributed by atoms with E-state index in [9.17, 15) is 4.79 Å². The number of hydrogen-bond donors (Lipinski definition) is 1. The molecule has 0 fully saturated rings. The van der Waals surface area contributed by atoms with Gasteiger partial charge in [0.1, 0.15) is 5.69 Å². The SMILES string of the molecule is NCCn1cnc(C(=O)c2cscc2Br)c1. The van der Waals surface area contributed by atoms with Gasteiger partial charge in [0.15, 0.2) is 0 Å². The molecule has 4 nitrogen and oxygen atoms in total. The van der Waals surface area contributed by atoms with Gasteiger partial charge in [0.05, 0.1) is 6.33 Å². The van der Waals surface area contributed by atoms with Gasteiger partial charge in [-0.3, -0.25) is 4.79 Å². The highest BCUT2D eigenvalue weighted by atomic mass is 79.9. The summed E-state index contributed by atoms with van der Waals surface area (Å²) >= 11 is 4.82. The van der Waals surface area contributed by atoms with Crippen molar-refractivity contribution >= 4 is 33.0 Å². The molecule has 0 aliphatic carbocycles. The molecule has 0 unspecified atom stereocenters. The van der Waals surface area contributed by atoms with Gasteiger partial charge in [-0.1, -0.05) is 0 Å². The van der Waals surface area contributed by atoms with E-state index in [1.165, 1.54) is 11.3 Å². The first-order chi connectivity index (χ1) is 7.72. The smallest absolute Gasteiger partial charge is 0.214 e. The summed E-state index contributed by atoms with van der Waals surface area (Å²) in [5.41, 5.74) is 6.53. The Morgan fingerprint density at radius 1 is 1.56 bits per heavy atom. The van der Waals surface area contributed by atoms with Gasteiger partial charge in [-0.05, 0) is 15.9 Å². The fourth-order valence-electron chi connectivity index (χ4n) is 1.33. The molecule has 0 radical (unpaired) electrons. The van der Waals surface area contributed by atoms with Gasteiger partial charge in [-0.25, -0.2) is 4.98 Å². The standard InChI is InChI=1S/C10H10BrN3OS/c11-8-5-16-4-7(8)10(15)9-3-14(2-1-12)6-13-9/h3-6H,1-2,12H2. The minimum atomic E-state index is -0.0658. The molecule has 2 N–H and O–H groups in total. The molecule has 2 aromatic heterocycles. The molecule has 84 valence electrons. The molecule has 6 heteroatoms. The van der Waals surface area contributed by atoms with E-state index in [4.69, 9.17) is 5.73 Å². The molecule has 0 atom stereocenters. The summed E-state index contributed by atoms with van der Waals surface area (Å²) in [5.74, 6) is -0.0658. The molecule has 0 amide bonds. The topological polar surface area (TPSA) is 60.9 Å². The van der Waals surface area contributed by atoms with Crippen molar-refractivity contribution in [1.82, 2.24) is 9.55 Å². The molecule has 2 heterocycles. The first kappa shape index (κ1) is 11.5. The molecule has 2 aromatic rings. The maximum Gasteiger partial charge on any atom is 0.214 e. The predicted molar refractivity (Wildman–Crippen MR) is 66.7 cm³/mol. The zero-order chi connectivity index (χ0) is 11.5. The van der Waals surface area contributed by atoms with Gasteiger partial charge in [-0.15, -0.1) is 0 Å². The second kappa shape index (κ2) is 4.90. The van der Waals surface area contributed by atoms with Crippen molar-refractivity contribution < 1.29 is 4.79 Å². The van der Waals surface area contributed by atoms with Crippen LogP contribution in [0.2, 0.25) is 0 Å². The minimum Gasteiger partial charge on any atom is -0.335 e. The normalized spacial score (nSPS) is 10.6. The number of rotatable bonds is 4. The lowest BCUT2D eigenvalue weighted by atomic mass is 10.2. The van der Waals surface area contributed by atoms with E-state index in [2.05, 4.69) is 20.9 Å². The van der Waals surface area contributed by atoms with Crippen LogP contribution < -0.4 is 5.73 Å². The zero-order valence-corrected chi connectivity index (χ0v) is 10.8. The van der Waals surface area contributed by atoms with Gasteiger partial charge in [-0.2, -0.15) is 11.3 Å². The van der Waals surface area contributed by atoms with E-state index < -0.39 is 0 Å². The first-order valence-electron chi connectivity index (χ1n) is 4.70. The zero-order valence-electron chi connectivity index (χ0n) is 8.39. The molecule has 0 spiro atoms. The quantitative estimate of drug-likeness (QED) is 0.877. The highest BCUT2D eigenvalue weighted by Crippen LogP contribution is 2.23. The van der Waals surface area contributed by atoms with E-state index in [-0.39, 0.29) is 5.78 Å². The predicted octanol–water partition coefficient (Wildman–Crippen LogP) is 1.90. The number of thiophene rings is 1. The Bertz CT molecular complexity index is 506. The fraction of sp³-hybridized carbons (Fsp3) is 0.200. The van der Waals surface area contributed by atoms with Crippen molar-refractivity contribution in [1.29, 1.82) is 0 Å². The lowest BCUT2D eigenvalue weighted by molar-refractivity contribution is 0.103. The van der Waals surface area contributed by atoms with Crippen LogP contribution in [0.25, 0.3) is 0 Å². The number of carbonyl (C=O) groups is 1. The number of aromatic nitrogens is 2. The molecular weight excluding hydrogens is 290 g/mol. The molecule has 0 aliphatic heterocycles. The summed E-state index contributed by atoms with van der Waals surface area (Å²) in [6.45, 7) is 1.21. The van der Waals surface area contributed by atoms with Gasteiger partial charge in [0, 0.05) is 40.1 Å². The number of nitrogens with zero attached hydrogens (tertiary/aromatic N) is 2. The molecule has 0 saturated heterocycles. The average Bonchev–Trinajstić information content (AvgIpc) is 2.87. The first-order valence-corrected chi connectivity index (χ1v) is 6.44. The van der Waals surface area contributed by atoms with E-state index >= 15 is 0 Å². The number of imidazole rings is 1. The van der Waals surface area contributed by atoms with Crippen molar-refractivity contribution in [2.75, 3.05) is 6.54 Å². The maximum absolute atomic E-state index is 12.0. The molecule has 0 aromatic carbocycles. The highest BCUT2D eigenvalue weighted by molar-refractivity contribution is 9.10. The monoisotopic (exact) mass is 299 g/mol. The maximum atomic E-state index is 12.0. The Hall–Kier alpha value is -0.980. The van der Waals surface area contributed by atoms with Crippen LogP contribution in [0.3, 0.4) is 0 Å². The van der Waals surface area contributed by atoms with Crippen molar-refractivity contribution in [3.05, 3.63) is 39.0 Å².